The molecule has 2 aliphatic rings. The number of fused-ring (bicyclic) bond motifs is 1. The molecule has 0 saturated heterocycles. The molecule has 2 aliphatic carbocycles. The van der Waals surface area contributed by atoms with Gasteiger partial charge < -0.3 is 14.2 Å². The predicted molar refractivity (Wildman–Crippen MR) is 70.2 cm³/mol. The van der Waals surface area contributed by atoms with Crippen molar-refractivity contribution in [2.45, 2.75) is 25.7 Å². The molecule has 18 heavy (non-hydrogen) atoms. The Balaban J connectivity index is 1.48. The molecule has 0 aromatic carbocycles. The highest BCUT2D eigenvalue weighted by molar-refractivity contribution is 5.07. The number of rotatable bonds is 8. The van der Waals surface area contributed by atoms with Crippen molar-refractivity contribution >= 4 is 0 Å². The average Bonchev–Trinajstić information content (AvgIpc) is 2.98. The molecule has 102 valence electrons. The molecule has 0 aromatic heterocycles. The lowest BCUT2D eigenvalue weighted by Gasteiger charge is -2.05. The van der Waals surface area contributed by atoms with Gasteiger partial charge in [-0.05, 0) is 30.6 Å². The second-order valence-electron chi connectivity index (χ2n) is 5.10. The third-order valence-electron chi connectivity index (χ3n) is 3.95. The monoisotopic (exact) mass is 252 g/mol. The van der Waals surface area contributed by atoms with Gasteiger partial charge in [-0.3, -0.25) is 0 Å². The van der Waals surface area contributed by atoms with Crippen molar-refractivity contribution in [3.05, 3.63) is 0 Å². The molecular formula is C15H24O3. The van der Waals surface area contributed by atoms with Crippen LogP contribution in [0, 0.1) is 29.6 Å². The molecule has 0 aromatic rings. The van der Waals surface area contributed by atoms with E-state index in [0.29, 0.717) is 26.4 Å². The molecule has 0 aliphatic heterocycles. The number of ether oxygens (including phenoxy) is 3. The molecule has 3 nitrogen and oxygen atoms in total. The zero-order valence-corrected chi connectivity index (χ0v) is 11.3. The van der Waals surface area contributed by atoms with Crippen LogP contribution in [0.5, 0.6) is 0 Å². The van der Waals surface area contributed by atoms with Gasteiger partial charge in [0, 0.05) is 20.0 Å². The van der Waals surface area contributed by atoms with Crippen molar-refractivity contribution in [2.24, 2.45) is 17.8 Å². The van der Waals surface area contributed by atoms with Crippen LogP contribution < -0.4 is 0 Å². The van der Waals surface area contributed by atoms with E-state index >= 15 is 0 Å². The predicted octanol–water partition coefficient (Wildman–Crippen LogP) is 2.11. The molecule has 0 amide bonds. The van der Waals surface area contributed by atoms with Gasteiger partial charge in [0.1, 0.15) is 0 Å². The summed E-state index contributed by atoms with van der Waals surface area (Å²) in [4.78, 5) is 0. The van der Waals surface area contributed by atoms with E-state index in [1.165, 1.54) is 12.8 Å². The molecule has 0 bridgehead atoms. The Bertz CT molecular complexity index is 274. The Morgan fingerprint density at radius 2 is 1.50 bits per heavy atom. The maximum Gasteiger partial charge on any atom is 0.0701 e. The van der Waals surface area contributed by atoms with Crippen LogP contribution in [0.25, 0.3) is 0 Å². The van der Waals surface area contributed by atoms with Gasteiger partial charge in [-0.25, -0.2) is 0 Å². The normalized spacial score (nSPS) is 29.7. The standard InChI is InChI=1S/C15H24O3/c1-16-8-9-17-10-11-18-12-15-13-6-4-2-3-5-7-14(13)15/h13-15H,4-12H2,1H3. The first-order chi connectivity index (χ1) is 8.93. The van der Waals surface area contributed by atoms with Crippen LogP contribution in [0.15, 0.2) is 0 Å². The molecule has 2 atom stereocenters. The van der Waals surface area contributed by atoms with Crippen molar-refractivity contribution < 1.29 is 14.2 Å². The molecule has 0 N–H and O–H groups in total. The largest absolute Gasteiger partial charge is 0.382 e. The van der Waals surface area contributed by atoms with Gasteiger partial charge in [0.05, 0.1) is 33.0 Å². The summed E-state index contributed by atoms with van der Waals surface area (Å²) < 4.78 is 16.0. The quantitative estimate of drug-likeness (QED) is 0.489. The molecule has 1 fully saturated rings. The number of hydrogen-bond acceptors (Lipinski definition) is 3. The Hall–Kier alpha value is -0.560. The van der Waals surface area contributed by atoms with E-state index in [2.05, 4.69) is 11.8 Å². The molecule has 2 rings (SSSR count). The molecule has 0 spiro atoms. The molecular weight excluding hydrogens is 228 g/mol. The van der Waals surface area contributed by atoms with Crippen LogP contribution in [-0.2, 0) is 14.2 Å². The summed E-state index contributed by atoms with van der Waals surface area (Å²) in [7, 11) is 1.68. The summed E-state index contributed by atoms with van der Waals surface area (Å²) in [6, 6.07) is 0. The molecule has 1 saturated carbocycles. The zero-order chi connectivity index (χ0) is 12.6. The summed E-state index contributed by atoms with van der Waals surface area (Å²) in [6.45, 7) is 3.60. The smallest absolute Gasteiger partial charge is 0.0701 e. The SMILES string of the molecule is COCCOCCOCC1C2CCC#CCCC21. The van der Waals surface area contributed by atoms with E-state index in [-0.39, 0.29) is 0 Å². The van der Waals surface area contributed by atoms with E-state index in [9.17, 15) is 0 Å². The Kier molecular flexibility index (Phi) is 5.99. The first kappa shape index (κ1) is 13.9. The molecule has 0 radical (unpaired) electrons. The summed E-state index contributed by atoms with van der Waals surface area (Å²) in [5, 5.41) is 0. The van der Waals surface area contributed by atoms with Crippen molar-refractivity contribution in [1.82, 2.24) is 0 Å². The third-order valence-corrected chi connectivity index (χ3v) is 3.95. The second-order valence-corrected chi connectivity index (χ2v) is 5.10. The zero-order valence-electron chi connectivity index (χ0n) is 11.3. The van der Waals surface area contributed by atoms with Crippen LogP contribution in [0.2, 0.25) is 0 Å². The first-order valence-corrected chi connectivity index (χ1v) is 7.03. The maximum absolute atomic E-state index is 5.70. The number of methoxy groups -OCH3 is 1. The molecule has 0 heterocycles. The van der Waals surface area contributed by atoms with Crippen molar-refractivity contribution in [3.8, 4) is 11.8 Å². The van der Waals surface area contributed by atoms with Gasteiger partial charge in [-0.1, -0.05) is 0 Å². The van der Waals surface area contributed by atoms with Gasteiger partial charge >= 0.3 is 0 Å². The fraction of sp³-hybridized carbons (Fsp3) is 0.867. The van der Waals surface area contributed by atoms with Gasteiger partial charge in [-0.15, -0.1) is 11.8 Å². The van der Waals surface area contributed by atoms with Gasteiger partial charge in [0.25, 0.3) is 0 Å². The average molecular weight is 252 g/mol. The van der Waals surface area contributed by atoms with E-state index in [1.807, 2.05) is 0 Å². The van der Waals surface area contributed by atoms with Crippen LogP contribution in [0.3, 0.4) is 0 Å². The van der Waals surface area contributed by atoms with Gasteiger partial charge in [0.2, 0.25) is 0 Å². The summed E-state index contributed by atoms with van der Waals surface area (Å²) in [6.07, 6.45) is 4.71. The van der Waals surface area contributed by atoms with Crippen LogP contribution >= 0.6 is 0 Å². The highest BCUT2D eigenvalue weighted by atomic mass is 16.5. The minimum absolute atomic E-state index is 0.659. The van der Waals surface area contributed by atoms with E-state index < -0.39 is 0 Å². The highest BCUT2D eigenvalue weighted by Crippen LogP contribution is 2.52. The van der Waals surface area contributed by atoms with Crippen molar-refractivity contribution in [1.29, 1.82) is 0 Å². The lowest BCUT2D eigenvalue weighted by molar-refractivity contribution is 0.0206. The number of hydrogen-bond donors (Lipinski definition) is 0. The topological polar surface area (TPSA) is 27.7 Å². The van der Waals surface area contributed by atoms with E-state index in [4.69, 9.17) is 14.2 Å². The minimum Gasteiger partial charge on any atom is -0.382 e. The van der Waals surface area contributed by atoms with Gasteiger partial charge in [-0.2, -0.15) is 0 Å². The Labute approximate surface area is 110 Å². The van der Waals surface area contributed by atoms with Crippen LogP contribution in [0.4, 0.5) is 0 Å². The lowest BCUT2D eigenvalue weighted by atomic mass is 10.1. The van der Waals surface area contributed by atoms with Crippen molar-refractivity contribution in [2.75, 3.05) is 40.1 Å². The second kappa shape index (κ2) is 7.78. The Morgan fingerprint density at radius 1 is 0.889 bits per heavy atom. The maximum atomic E-state index is 5.70. The van der Waals surface area contributed by atoms with Crippen molar-refractivity contribution in [3.63, 3.8) is 0 Å². The fourth-order valence-corrected chi connectivity index (χ4v) is 2.86. The third kappa shape index (κ3) is 4.28. The van der Waals surface area contributed by atoms with E-state index in [1.54, 1.807) is 7.11 Å². The summed E-state index contributed by atoms with van der Waals surface area (Å²) >= 11 is 0. The minimum atomic E-state index is 0.659. The molecule has 2 unspecified atom stereocenters. The summed E-state index contributed by atoms with van der Waals surface area (Å²) in [5.41, 5.74) is 0. The van der Waals surface area contributed by atoms with Gasteiger partial charge in [0.15, 0.2) is 0 Å². The van der Waals surface area contributed by atoms with Crippen LogP contribution in [-0.4, -0.2) is 40.1 Å². The lowest BCUT2D eigenvalue weighted by Crippen LogP contribution is -2.10. The Morgan fingerprint density at radius 3 is 2.17 bits per heavy atom. The highest BCUT2D eigenvalue weighted by Gasteiger charge is 2.48. The van der Waals surface area contributed by atoms with Crippen LogP contribution in [0.1, 0.15) is 25.7 Å². The molecule has 3 heteroatoms. The first-order valence-electron chi connectivity index (χ1n) is 7.03. The summed E-state index contributed by atoms with van der Waals surface area (Å²) in [5.74, 6) is 9.03. The van der Waals surface area contributed by atoms with E-state index in [0.717, 1.165) is 37.2 Å². The fourth-order valence-electron chi connectivity index (χ4n) is 2.86.